The lowest BCUT2D eigenvalue weighted by Crippen LogP contribution is -2.05. The van der Waals surface area contributed by atoms with E-state index in [1.54, 1.807) is 18.5 Å². The van der Waals surface area contributed by atoms with Gasteiger partial charge in [-0.1, -0.05) is 0 Å². The van der Waals surface area contributed by atoms with Crippen molar-refractivity contribution in [2.45, 2.75) is 13.5 Å². The maximum atomic E-state index is 10.8. The number of hydrogen-bond donors (Lipinski definition) is 1. The van der Waals surface area contributed by atoms with E-state index in [0.29, 0.717) is 6.54 Å². The van der Waals surface area contributed by atoms with Gasteiger partial charge in [-0.05, 0) is 30.2 Å². The van der Waals surface area contributed by atoms with Crippen molar-refractivity contribution in [3.05, 3.63) is 58.0 Å². The molecule has 2 aromatic heterocycles. The van der Waals surface area contributed by atoms with Gasteiger partial charge in [0.1, 0.15) is 0 Å². The van der Waals surface area contributed by atoms with E-state index in [-0.39, 0.29) is 11.5 Å². The number of hydrogen-bond acceptors (Lipinski definition) is 5. The zero-order chi connectivity index (χ0) is 13.0. The molecule has 0 spiro atoms. The smallest absolute Gasteiger partial charge is 0.311 e. The fourth-order valence-corrected chi connectivity index (χ4v) is 1.56. The maximum Gasteiger partial charge on any atom is 0.311 e. The van der Waals surface area contributed by atoms with Crippen molar-refractivity contribution >= 4 is 11.5 Å². The Morgan fingerprint density at radius 2 is 2.22 bits per heavy atom. The molecule has 0 aromatic carbocycles. The Balaban J connectivity index is 2.16. The third-order valence-corrected chi connectivity index (χ3v) is 2.57. The second kappa shape index (κ2) is 5.22. The van der Waals surface area contributed by atoms with Crippen LogP contribution >= 0.6 is 0 Å². The molecule has 2 aromatic rings. The number of nitrogens with one attached hydrogen (secondary N) is 1. The van der Waals surface area contributed by atoms with E-state index in [1.807, 2.05) is 13.0 Å². The van der Waals surface area contributed by atoms with Gasteiger partial charge in [-0.2, -0.15) is 0 Å². The summed E-state index contributed by atoms with van der Waals surface area (Å²) in [4.78, 5) is 18.3. The first-order chi connectivity index (χ1) is 8.68. The molecule has 0 atom stereocenters. The largest absolute Gasteiger partial charge is 0.360 e. The Labute approximate surface area is 104 Å². The highest BCUT2D eigenvalue weighted by molar-refractivity contribution is 5.55. The average molecular weight is 244 g/mol. The van der Waals surface area contributed by atoms with Crippen LogP contribution in [0.1, 0.15) is 11.1 Å². The summed E-state index contributed by atoms with van der Waals surface area (Å²) in [7, 11) is 0. The quantitative estimate of drug-likeness (QED) is 0.659. The molecule has 0 amide bonds. The lowest BCUT2D eigenvalue weighted by atomic mass is 10.1. The van der Waals surface area contributed by atoms with Gasteiger partial charge in [0.2, 0.25) is 5.82 Å². The number of rotatable bonds is 4. The average Bonchev–Trinajstić information content (AvgIpc) is 2.38. The minimum Gasteiger partial charge on any atom is -0.360 e. The molecule has 0 saturated heterocycles. The van der Waals surface area contributed by atoms with Gasteiger partial charge in [0.05, 0.1) is 4.92 Å². The molecular formula is C12H12N4O2. The summed E-state index contributed by atoms with van der Waals surface area (Å²) >= 11 is 0. The molecule has 6 heteroatoms. The van der Waals surface area contributed by atoms with Crippen LogP contribution in [0, 0.1) is 17.0 Å². The number of aryl methyl sites for hydroxylation is 1. The molecule has 1 N–H and O–H groups in total. The van der Waals surface area contributed by atoms with E-state index in [9.17, 15) is 10.1 Å². The number of nitro groups is 1. The molecule has 0 aliphatic rings. The third kappa shape index (κ3) is 2.60. The van der Waals surface area contributed by atoms with Crippen LogP contribution < -0.4 is 5.32 Å². The molecule has 0 fully saturated rings. The highest BCUT2D eigenvalue weighted by Crippen LogP contribution is 2.21. The molecule has 0 radical (unpaired) electrons. The molecule has 6 nitrogen and oxygen atoms in total. The minimum absolute atomic E-state index is 0.0239. The first-order valence-electron chi connectivity index (χ1n) is 5.41. The van der Waals surface area contributed by atoms with Crippen LogP contribution in [0.5, 0.6) is 0 Å². The lowest BCUT2D eigenvalue weighted by molar-refractivity contribution is -0.384. The number of aromatic nitrogens is 2. The molecule has 18 heavy (non-hydrogen) atoms. The van der Waals surface area contributed by atoms with Crippen molar-refractivity contribution in [1.82, 2.24) is 9.97 Å². The van der Waals surface area contributed by atoms with Gasteiger partial charge in [0, 0.05) is 31.2 Å². The molecule has 92 valence electrons. The van der Waals surface area contributed by atoms with Crippen LogP contribution in [0.25, 0.3) is 0 Å². The van der Waals surface area contributed by atoms with Gasteiger partial charge in [-0.3, -0.25) is 15.1 Å². The first-order valence-corrected chi connectivity index (χ1v) is 5.41. The molecule has 0 aliphatic carbocycles. The van der Waals surface area contributed by atoms with Crippen molar-refractivity contribution in [1.29, 1.82) is 0 Å². The van der Waals surface area contributed by atoms with Crippen LogP contribution in [0.3, 0.4) is 0 Å². The van der Waals surface area contributed by atoms with E-state index in [1.165, 1.54) is 12.3 Å². The fourth-order valence-electron chi connectivity index (χ4n) is 1.56. The Bertz CT molecular complexity index is 572. The minimum atomic E-state index is -0.450. The van der Waals surface area contributed by atoms with E-state index in [0.717, 1.165) is 11.1 Å². The van der Waals surface area contributed by atoms with Crippen molar-refractivity contribution < 1.29 is 4.92 Å². The maximum absolute atomic E-state index is 10.8. The van der Waals surface area contributed by atoms with Crippen molar-refractivity contribution in [2.75, 3.05) is 5.32 Å². The fraction of sp³-hybridized carbons (Fsp3) is 0.167. The predicted octanol–water partition coefficient (Wildman–Crippen LogP) is 2.31. The van der Waals surface area contributed by atoms with Crippen LogP contribution in [-0.4, -0.2) is 14.9 Å². The highest BCUT2D eigenvalue weighted by Gasteiger charge is 2.13. The summed E-state index contributed by atoms with van der Waals surface area (Å²) < 4.78 is 0. The van der Waals surface area contributed by atoms with Gasteiger partial charge < -0.3 is 5.32 Å². The molecule has 0 saturated carbocycles. The molecule has 2 heterocycles. The number of pyridine rings is 2. The Morgan fingerprint density at radius 3 is 2.94 bits per heavy atom. The van der Waals surface area contributed by atoms with Gasteiger partial charge in [0.15, 0.2) is 0 Å². The van der Waals surface area contributed by atoms with Crippen LogP contribution in [-0.2, 0) is 6.54 Å². The summed E-state index contributed by atoms with van der Waals surface area (Å²) in [6.45, 7) is 2.42. The van der Waals surface area contributed by atoms with Crippen LogP contribution in [0.15, 0.2) is 36.8 Å². The third-order valence-electron chi connectivity index (χ3n) is 2.57. The van der Waals surface area contributed by atoms with Crippen molar-refractivity contribution in [2.24, 2.45) is 0 Å². The van der Waals surface area contributed by atoms with Gasteiger partial charge >= 0.3 is 5.69 Å². The summed E-state index contributed by atoms with van der Waals surface area (Å²) in [5.41, 5.74) is 2.04. The molecule has 2 rings (SSSR count). The summed E-state index contributed by atoms with van der Waals surface area (Å²) in [5.74, 6) is 0.277. The SMILES string of the molecule is Cc1cnccc1CNc1ncccc1[N+](=O)[O-]. The van der Waals surface area contributed by atoms with Gasteiger partial charge in [-0.25, -0.2) is 4.98 Å². The van der Waals surface area contributed by atoms with E-state index in [4.69, 9.17) is 0 Å². The number of nitrogens with zero attached hydrogens (tertiary/aromatic N) is 3. The first kappa shape index (κ1) is 12.0. The van der Waals surface area contributed by atoms with Gasteiger partial charge in [-0.15, -0.1) is 0 Å². The van der Waals surface area contributed by atoms with Crippen LogP contribution in [0.4, 0.5) is 11.5 Å². The molecule has 0 aliphatic heterocycles. The summed E-state index contributed by atoms with van der Waals surface area (Å²) in [5, 5.41) is 13.8. The Kier molecular flexibility index (Phi) is 3.47. The van der Waals surface area contributed by atoms with Crippen molar-refractivity contribution in [3.63, 3.8) is 0 Å². The van der Waals surface area contributed by atoms with E-state index < -0.39 is 4.92 Å². The topological polar surface area (TPSA) is 81.0 Å². The predicted molar refractivity (Wildman–Crippen MR) is 67.2 cm³/mol. The highest BCUT2D eigenvalue weighted by atomic mass is 16.6. The monoisotopic (exact) mass is 244 g/mol. The Morgan fingerprint density at radius 1 is 1.39 bits per heavy atom. The lowest BCUT2D eigenvalue weighted by Gasteiger charge is -2.07. The normalized spacial score (nSPS) is 10.1. The van der Waals surface area contributed by atoms with Gasteiger partial charge in [0.25, 0.3) is 0 Å². The Hall–Kier alpha value is -2.50. The summed E-state index contributed by atoms with van der Waals surface area (Å²) in [6, 6.07) is 4.84. The second-order valence-corrected chi connectivity index (χ2v) is 3.78. The van der Waals surface area contributed by atoms with Crippen LogP contribution in [0.2, 0.25) is 0 Å². The zero-order valence-electron chi connectivity index (χ0n) is 9.83. The molecule has 0 unspecified atom stereocenters. The van der Waals surface area contributed by atoms with Crippen molar-refractivity contribution in [3.8, 4) is 0 Å². The zero-order valence-corrected chi connectivity index (χ0v) is 9.83. The molecular weight excluding hydrogens is 232 g/mol. The van der Waals surface area contributed by atoms with E-state index in [2.05, 4.69) is 15.3 Å². The molecule has 0 bridgehead atoms. The van der Waals surface area contributed by atoms with E-state index >= 15 is 0 Å². The number of anilines is 1. The second-order valence-electron chi connectivity index (χ2n) is 3.78. The standard InChI is InChI=1S/C12H12N4O2/c1-9-7-13-6-4-10(9)8-15-12-11(16(17)18)3-2-5-14-12/h2-7H,8H2,1H3,(H,14,15). The summed E-state index contributed by atoms with van der Waals surface area (Å²) in [6.07, 6.45) is 4.97.